The van der Waals surface area contributed by atoms with E-state index in [0.29, 0.717) is 97.0 Å². The van der Waals surface area contributed by atoms with Crippen molar-refractivity contribution in [3.05, 3.63) is 75.3 Å². The number of hydrogen-bond donors (Lipinski definition) is 2. The van der Waals surface area contributed by atoms with E-state index in [9.17, 15) is 33.6 Å². The lowest BCUT2D eigenvalue weighted by Crippen LogP contribution is -2.54. The first-order valence-electron chi connectivity index (χ1n) is 24.2. The van der Waals surface area contributed by atoms with Gasteiger partial charge in [-0.2, -0.15) is 4.98 Å². The Hall–Kier alpha value is -6.60. The summed E-state index contributed by atoms with van der Waals surface area (Å²) in [7, 11) is 3.67. The highest BCUT2D eigenvalue weighted by molar-refractivity contribution is 6.00. The van der Waals surface area contributed by atoms with E-state index in [1.165, 1.54) is 6.92 Å². The number of aldehydes is 2. The molecule has 4 aromatic rings. The van der Waals surface area contributed by atoms with Crippen LogP contribution in [0.2, 0.25) is 0 Å². The number of nitrogens with one attached hydrogen (secondary N) is 2. The van der Waals surface area contributed by atoms with E-state index in [1.54, 1.807) is 29.8 Å². The topological polar surface area (TPSA) is 207 Å². The lowest BCUT2D eigenvalue weighted by Gasteiger charge is -2.42. The van der Waals surface area contributed by atoms with Gasteiger partial charge in [-0.3, -0.25) is 48.5 Å². The van der Waals surface area contributed by atoms with E-state index < -0.39 is 0 Å². The number of ketones is 1. The summed E-state index contributed by atoms with van der Waals surface area (Å²) < 4.78 is 1.66. The van der Waals surface area contributed by atoms with Crippen LogP contribution >= 0.6 is 0 Å². The number of urea groups is 1. The third kappa shape index (κ3) is 11.6. The zero-order valence-electron chi connectivity index (χ0n) is 40.8. The molecule has 19 nitrogen and oxygen atoms in total. The summed E-state index contributed by atoms with van der Waals surface area (Å²) in [5.74, 6) is 0.894. The summed E-state index contributed by atoms with van der Waals surface area (Å²) >= 11 is 0. The van der Waals surface area contributed by atoms with Crippen LogP contribution < -0.4 is 26.0 Å². The summed E-state index contributed by atoms with van der Waals surface area (Å²) in [5, 5.41) is 6.19. The first-order valence-corrected chi connectivity index (χ1v) is 24.2. The van der Waals surface area contributed by atoms with Crippen LogP contribution in [0.1, 0.15) is 102 Å². The van der Waals surface area contributed by atoms with Gasteiger partial charge in [-0.1, -0.05) is 13.8 Å². The summed E-state index contributed by atoms with van der Waals surface area (Å²) in [4.78, 5) is 111. The second-order valence-corrected chi connectivity index (χ2v) is 18.6. The van der Waals surface area contributed by atoms with E-state index in [1.807, 2.05) is 61.0 Å². The number of rotatable bonds is 13. The number of Topliss-reactive ketones (excluding diaryl/α,β-unsaturated/α-hetero) is 1. The SMILES string of the molecule is CCC(CC)n1c(=O)c(C(C)=O)c(C)c2cnc(Nc3ccc(N4CCN(CC5CCN(C(=O)N6CCN(c7ccc(C=O)c(C=O)c7)CC6)CC5)CC4)cn3)nc21.CN(C)C1CCC(=O)NC1=O. The van der Waals surface area contributed by atoms with Gasteiger partial charge in [0.1, 0.15) is 11.5 Å². The van der Waals surface area contributed by atoms with E-state index >= 15 is 0 Å². The summed E-state index contributed by atoms with van der Waals surface area (Å²) in [5.41, 5.74) is 3.71. The van der Waals surface area contributed by atoms with Crippen LogP contribution in [0, 0.1) is 12.8 Å². The number of aryl methyl sites for hydroxylation is 1. The van der Waals surface area contributed by atoms with Gasteiger partial charge in [0, 0.05) is 113 Å². The van der Waals surface area contributed by atoms with Gasteiger partial charge >= 0.3 is 6.03 Å². The first-order chi connectivity index (χ1) is 33.2. The summed E-state index contributed by atoms with van der Waals surface area (Å²) in [6.45, 7) is 16.2. The highest BCUT2D eigenvalue weighted by atomic mass is 16.2. The minimum atomic E-state index is -0.308. The molecule has 0 aliphatic carbocycles. The van der Waals surface area contributed by atoms with E-state index in [4.69, 9.17) is 4.98 Å². The molecule has 19 heteroatoms. The van der Waals surface area contributed by atoms with Gasteiger partial charge in [0.15, 0.2) is 18.4 Å². The second-order valence-electron chi connectivity index (χ2n) is 18.6. The van der Waals surface area contributed by atoms with Gasteiger partial charge in [-0.05, 0) is 102 Å². The van der Waals surface area contributed by atoms with Crippen molar-refractivity contribution in [1.82, 2.24) is 44.4 Å². The summed E-state index contributed by atoms with van der Waals surface area (Å²) in [6, 6.07) is 9.14. The molecule has 1 unspecified atom stereocenters. The van der Waals surface area contributed by atoms with Gasteiger partial charge in [0.2, 0.25) is 17.8 Å². The molecule has 4 fully saturated rings. The number of fused-ring (bicyclic) bond motifs is 1. The Morgan fingerprint density at radius 3 is 2.04 bits per heavy atom. The van der Waals surface area contributed by atoms with Gasteiger partial charge < -0.3 is 24.9 Å². The van der Waals surface area contributed by atoms with Crippen LogP contribution in [-0.4, -0.2) is 167 Å². The van der Waals surface area contributed by atoms with Crippen LogP contribution in [-0.2, 0) is 9.59 Å². The lowest BCUT2D eigenvalue weighted by atomic mass is 9.96. The molecule has 1 atom stereocenters. The average Bonchev–Trinajstić information content (AvgIpc) is 3.35. The van der Waals surface area contributed by atoms with Gasteiger partial charge in [-0.15, -0.1) is 0 Å². The maximum Gasteiger partial charge on any atom is 0.320 e. The highest BCUT2D eigenvalue weighted by Crippen LogP contribution is 2.27. The zero-order chi connectivity index (χ0) is 49.4. The van der Waals surface area contributed by atoms with Crippen molar-refractivity contribution in [3.63, 3.8) is 0 Å². The Morgan fingerprint density at radius 2 is 1.45 bits per heavy atom. The van der Waals surface area contributed by atoms with Crippen molar-refractivity contribution in [2.45, 2.75) is 78.3 Å². The van der Waals surface area contributed by atoms with Crippen LogP contribution in [0.25, 0.3) is 11.0 Å². The Balaban J connectivity index is 0.000000563. The number of nitrogens with zero attached hydrogens (tertiary/aromatic N) is 10. The molecular weight excluding hydrogens is 881 g/mol. The highest BCUT2D eigenvalue weighted by Gasteiger charge is 2.31. The van der Waals surface area contributed by atoms with Gasteiger partial charge in [-0.25, -0.2) is 14.8 Å². The smallest absolute Gasteiger partial charge is 0.320 e. The van der Waals surface area contributed by atoms with Crippen molar-refractivity contribution < 1.29 is 28.8 Å². The number of pyridine rings is 2. The number of hydrogen-bond acceptors (Lipinski definition) is 15. The molecular formula is C50H66N12O7. The summed E-state index contributed by atoms with van der Waals surface area (Å²) in [6.07, 6.45) is 9.50. The maximum absolute atomic E-state index is 13.5. The quantitative estimate of drug-likeness (QED) is 0.107. The Morgan fingerprint density at radius 1 is 0.812 bits per heavy atom. The molecule has 1 aromatic carbocycles. The molecule has 0 radical (unpaired) electrons. The van der Waals surface area contributed by atoms with Crippen molar-refractivity contribution in [3.8, 4) is 0 Å². The maximum atomic E-state index is 13.5. The van der Waals surface area contributed by atoms with Crippen LogP contribution in [0.5, 0.6) is 0 Å². The number of likely N-dealkylation sites (tertiary alicyclic amines) is 1. The largest absolute Gasteiger partial charge is 0.368 e. The number of aromatic nitrogens is 4. The third-order valence-electron chi connectivity index (χ3n) is 14.1. The number of benzene rings is 1. The average molecular weight is 947 g/mol. The number of likely N-dealkylation sites (N-methyl/N-ethyl adjacent to an activating group) is 1. The molecule has 0 spiro atoms. The molecule has 4 saturated heterocycles. The lowest BCUT2D eigenvalue weighted by molar-refractivity contribution is -0.136. The van der Waals surface area contributed by atoms with Crippen LogP contribution in [0.3, 0.4) is 0 Å². The fourth-order valence-electron chi connectivity index (χ4n) is 9.92. The zero-order valence-corrected chi connectivity index (χ0v) is 40.8. The van der Waals surface area contributed by atoms with Crippen molar-refractivity contribution >= 4 is 70.4 Å². The predicted molar refractivity (Wildman–Crippen MR) is 265 cm³/mol. The fraction of sp³-hybridized carbons (Fsp3) is 0.520. The Bertz CT molecular complexity index is 2570. The second kappa shape index (κ2) is 22.7. The molecule has 7 heterocycles. The van der Waals surface area contributed by atoms with Crippen molar-refractivity contribution in [2.24, 2.45) is 5.92 Å². The molecule has 0 bridgehead atoms. The molecule has 4 aliphatic rings. The predicted octanol–water partition coefficient (Wildman–Crippen LogP) is 4.56. The molecule has 3 aromatic heterocycles. The molecule has 4 amide bonds. The first kappa shape index (κ1) is 50.3. The molecule has 368 valence electrons. The monoisotopic (exact) mass is 947 g/mol. The number of piperazine rings is 2. The third-order valence-corrected chi connectivity index (χ3v) is 14.1. The number of anilines is 4. The van der Waals surface area contributed by atoms with E-state index in [-0.39, 0.29) is 46.8 Å². The molecule has 8 rings (SSSR count). The molecule has 4 aliphatic heterocycles. The number of carbonyl (C=O) groups excluding carboxylic acids is 6. The fourth-order valence-corrected chi connectivity index (χ4v) is 9.92. The number of carbonyl (C=O) groups is 6. The number of amides is 4. The number of piperidine rings is 2. The molecule has 0 saturated carbocycles. The standard InChI is InChI=1S/C43H54N10O5.C7H12N2O2/c1-5-34(6-2)53-40-37(29(3)39(30(4)56)41(53)57)25-45-42(47-40)46-38-10-9-36(24-44-38)50-17-15-48(16-18-50)26-31-11-13-51(14-12-31)43(58)52-21-19-49(20-22-52)35-8-7-32(27-54)33(23-35)28-55;1-9(2)5-3-4-6(10)8-7(5)11/h7-10,23-25,27-28,31,34H,5-6,11-22,26H2,1-4H3,(H,44,45,46,47);5H,3-4H2,1-2H3,(H,8,10,11). The van der Waals surface area contributed by atoms with Crippen LogP contribution in [0.15, 0.2) is 47.5 Å². The van der Waals surface area contributed by atoms with Crippen LogP contribution in [0.4, 0.5) is 27.9 Å². The number of imide groups is 1. The molecule has 69 heavy (non-hydrogen) atoms. The Labute approximate surface area is 403 Å². The Kier molecular flexibility index (Phi) is 16.5. The minimum Gasteiger partial charge on any atom is -0.368 e. The van der Waals surface area contributed by atoms with Gasteiger partial charge in [0.25, 0.3) is 5.56 Å². The molecule has 2 N–H and O–H groups in total. The minimum absolute atomic E-state index is 0.0964. The van der Waals surface area contributed by atoms with Gasteiger partial charge in [0.05, 0.1) is 23.5 Å². The normalized spacial score (nSPS) is 18.3. The van der Waals surface area contributed by atoms with Crippen molar-refractivity contribution in [2.75, 3.05) is 101 Å². The van der Waals surface area contributed by atoms with E-state index in [0.717, 1.165) is 82.9 Å². The van der Waals surface area contributed by atoms with Crippen molar-refractivity contribution in [1.29, 1.82) is 0 Å². The van der Waals surface area contributed by atoms with E-state index in [2.05, 4.69) is 41.4 Å².